The fraction of sp³-hybridized carbons (Fsp3) is 1.00. The summed E-state index contributed by atoms with van der Waals surface area (Å²) < 4.78 is 24.1. The van der Waals surface area contributed by atoms with Crippen molar-refractivity contribution in [2.75, 3.05) is 39.5 Å². The van der Waals surface area contributed by atoms with Gasteiger partial charge in [-0.15, -0.1) is 0 Å². The van der Waals surface area contributed by atoms with E-state index in [9.17, 15) is 0 Å². The highest BCUT2D eigenvalue weighted by Gasteiger charge is 2.39. The van der Waals surface area contributed by atoms with Gasteiger partial charge in [0, 0.05) is 26.3 Å². The third kappa shape index (κ3) is 15.2. The lowest BCUT2D eigenvalue weighted by Gasteiger charge is -2.38. The number of hydrogen-bond donors (Lipinski definition) is 2. The summed E-state index contributed by atoms with van der Waals surface area (Å²) in [5.74, 6) is 0. The van der Waals surface area contributed by atoms with Gasteiger partial charge >= 0.3 is 8.56 Å². The molecule has 0 aromatic rings. The fourth-order valence-corrected chi connectivity index (χ4v) is 17.0. The zero-order valence-electron chi connectivity index (χ0n) is 17.4. The Morgan fingerprint density at radius 1 is 0.600 bits per heavy atom. The van der Waals surface area contributed by atoms with E-state index in [2.05, 4.69) is 39.3 Å². The maximum Gasteiger partial charge on any atom is 0.311 e. The Morgan fingerprint density at radius 2 is 0.960 bits per heavy atom. The van der Waals surface area contributed by atoms with E-state index in [0.29, 0.717) is 26.3 Å². The molecule has 0 rings (SSSR count). The molecular weight excluding hydrogens is 368 g/mol. The zero-order chi connectivity index (χ0) is 19.4. The minimum atomic E-state index is -2.12. The number of rotatable bonds is 16. The van der Waals surface area contributed by atoms with Crippen molar-refractivity contribution >= 4 is 25.2 Å². The fourth-order valence-electron chi connectivity index (χ4n) is 3.02. The summed E-state index contributed by atoms with van der Waals surface area (Å²) in [5, 5.41) is 0. The molecule has 9 heteroatoms. The van der Waals surface area contributed by atoms with E-state index in [-0.39, 0.29) is 0 Å². The zero-order valence-corrected chi connectivity index (χ0v) is 20.4. The Balaban J connectivity index is 4.24. The smallest absolute Gasteiger partial charge is 0.311 e. The second kappa shape index (κ2) is 12.7. The second-order valence-electron chi connectivity index (χ2n) is 8.13. The molecule has 0 aliphatic heterocycles. The SMILES string of the molecule is C[Si](C)(CCCOCCN)O[Si](C)(C)O[Si](C)(C)CCCOCCN. The van der Waals surface area contributed by atoms with E-state index in [0.717, 1.165) is 38.1 Å². The van der Waals surface area contributed by atoms with Crippen molar-refractivity contribution < 1.29 is 17.7 Å². The lowest BCUT2D eigenvalue weighted by molar-refractivity contribution is 0.141. The maximum atomic E-state index is 6.57. The molecule has 0 unspecified atom stereocenters. The molecule has 0 saturated heterocycles. The van der Waals surface area contributed by atoms with Crippen LogP contribution in [-0.2, 0) is 17.7 Å². The van der Waals surface area contributed by atoms with Crippen LogP contribution in [0.1, 0.15) is 12.8 Å². The van der Waals surface area contributed by atoms with Crippen LogP contribution in [0.2, 0.25) is 51.4 Å². The highest BCUT2D eigenvalue weighted by Crippen LogP contribution is 2.26. The highest BCUT2D eigenvalue weighted by molar-refractivity contribution is 6.87. The van der Waals surface area contributed by atoms with Crippen LogP contribution in [0.5, 0.6) is 0 Å². The molecule has 6 nitrogen and oxygen atoms in total. The molecular formula is C16H42N2O4Si3. The van der Waals surface area contributed by atoms with Gasteiger partial charge in [0.1, 0.15) is 0 Å². The minimum absolute atomic E-state index is 0.585. The average molecular weight is 411 g/mol. The summed E-state index contributed by atoms with van der Waals surface area (Å²) in [4.78, 5) is 0. The molecule has 0 fully saturated rings. The van der Waals surface area contributed by atoms with Gasteiger partial charge in [0.05, 0.1) is 13.2 Å². The summed E-state index contributed by atoms with van der Waals surface area (Å²) in [5.41, 5.74) is 10.9. The molecule has 0 atom stereocenters. The van der Waals surface area contributed by atoms with Gasteiger partial charge < -0.3 is 29.2 Å². The number of hydrogen-bond acceptors (Lipinski definition) is 6. The predicted octanol–water partition coefficient (Wildman–Crippen LogP) is 2.86. The summed E-state index contributed by atoms with van der Waals surface area (Å²) in [6, 6.07) is 2.18. The molecule has 25 heavy (non-hydrogen) atoms. The molecule has 152 valence electrons. The quantitative estimate of drug-likeness (QED) is 0.300. The molecule has 0 spiro atoms. The molecule has 0 aromatic carbocycles. The first kappa shape index (κ1) is 25.4. The second-order valence-corrected chi connectivity index (χ2v) is 20.6. The van der Waals surface area contributed by atoms with Crippen LogP contribution in [0, 0.1) is 0 Å². The van der Waals surface area contributed by atoms with E-state index >= 15 is 0 Å². The van der Waals surface area contributed by atoms with E-state index in [1.54, 1.807) is 0 Å². The van der Waals surface area contributed by atoms with Gasteiger partial charge in [0.15, 0.2) is 16.6 Å². The van der Waals surface area contributed by atoms with Crippen LogP contribution in [0.4, 0.5) is 0 Å². The van der Waals surface area contributed by atoms with E-state index < -0.39 is 25.2 Å². The van der Waals surface area contributed by atoms with Crippen molar-refractivity contribution in [2.24, 2.45) is 11.5 Å². The first-order chi connectivity index (χ1) is 11.5. The summed E-state index contributed by atoms with van der Waals surface area (Å²) in [7, 11) is -5.60. The number of ether oxygens (including phenoxy) is 2. The molecule has 0 aliphatic carbocycles. The van der Waals surface area contributed by atoms with Gasteiger partial charge in [-0.05, 0) is 64.2 Å². The molecule has 0 amide bonds. The molecule has 0 aromatic heterocycles. The average Bonchev–Trinajstić information content (AvgIpc) is 2.44. The van der Waals surface area contributed by atoms with Crippen LogP contribution in [0.15, 0.2) is 0 Å². The third-order valence-corrected chi connectivity index (χ3v) is 15.2. The highest BCUT2D eigenvalue weighted by atomic mass is 28.5. The topological polar surface area (TPSA) is 89.0 Å². The Hall–Kier alpha value is 0.411. The van der Waals surface area contributed by atoms with E-state index in [4.69, 9.17) is 29.2 Å². The van der Waals surface area contributed by atoms with Crippen LogP contribution in [0.25, 0.3) is 0 Å². The largest absolute Gasteiger partial charge is 0.437 e. The lowest BCUT2D eigenvalue weighted by atomic mass is 10.5. The van der Waals surface area contributed by atoms with Gasteiger partial charge in [0.25, 0.3) is 0 Å². The van der Waals surface area contributed by atoms with Gasteiger partial charge in [0.2, 0.25) is 0 Å². The van der Waals surface area contributed by atoms with Crippen molar-refractivity contribution in [1.29, 1.82) is 0 Å². The van der Waals surface area contributed by atoms with Crippen molar-refractivity contribution in [3.8, 4) is 0 Å². The van der Waals surface area contributed by atoms with Gasteiger partial charge in [-0.2, -0.15) is 0 Å². The van der Waals surface area contributed by atoms with Crippen molar-refractivity contribution in [3.05, 3.63) is 0 Å². The summed E-state index contributed by atoms with van der Waals surface area (Å²) >= 11 is 0. The van der Waals surface area contributed by atoms with E-state index in [1.807, 2.05) is 0 Å². The van der Waals surface area contributed by atoms with Crippen LogP contribution in [0.3, 0.4) is 0 Å². The maximum absolute atomic E-state index is 6.57. The Labute approximate surface area is 158 Å². The van der Waals surface area contributed by atoms with Crippen molar-refractivity contribution in [2.45, 2.75) is 64.2 Å². The Kier molecular flexibility index (Phi) is 12.9. The van der Waals surface area contributed by atoms with Crippen LogP contribution >= 0.6 is 0 Å². The first-order valence-corrected chi connectivity index (χ1v) is 18.5. The molecule has 0 aliphatic rings. The third-order valence-electron chi connectivity index (χ3n) is 3.70. The molecule has 0 saturated carbocycles. The Bertz CT molecular complexity index is 315. The first-order valence-electron chi connectivity index (χ1n) is 9.49. The predicted molar refractivity (Wildman–Crippen MR) is 113 cm³/mol. The van der Waals surface area contributed by atoms with Crippen molar-refractivity contribution in [3.63, 3.8) is 0 Å². The standard InChI is InChI=1S/C16H42N2O4Si3/c1-23(2,15-7-11-19-13-9-17)21-25(5,6)22-24(3,4)16-8-12-20-14-10-18/h7-18H2,1-6H3. The normalized spacial score (nSPS) is 13.4. The Morgan fingerprint density at radius 3 is 1.28 bits per heavy atom. The molecule has 0 bridgehead atoms. The molecule has 0 radical (unpaired) electrons. The van der Waals surface area contributed by atoms with Gasteiger partial charge in [-0.3, -0.25) is 0 Å². The van der Waals surface area contributed by atoms with Gasteiger partial charge in [-0.25, -0.2) is 0 Å². The monoisotopic (exact) mass is 410 g/mol. The van der Waals surface area contributed by atoms with Crippen molar-refractivity contribution in [1.82, 2.24) is 0 Å². The summed E-state index contributed by atoms with van der Waals surface area (Å²) in [6.45, 7) is 17.5. The number of nitrogens with two attached hydrogens (primary N) is 2. The van der Waals surface area contributed by atoms with Gasteiger partial charge in [-0.1, -0.05) is 0 Å². The van der Waals surface area contributed by atoms with Crippen LogP contribution < -0.4 is 11.5 Å². The van der Waals surface area contributed by atoms with E-state index in [1.165, 1.54) is 0 Å². The minimum Gasteiger partial charge on any atom is -0.437 e. The summed E-state index contributed by atoms with van der Waals surface area (Å²) in [6.07, 6.45) is 2.06. The molecule has 4 N–H and O–H groups in total. The van der Waals surface area contributed by atoms with Crippen LogP contribution in [-0.4, -0.2) is 64.7 Å². The lowest BCUT2D eigenvalue weighted by Crippen LogP contribution is -2.52. The molecule has 0 heterocycles.